The molecule has 7 heteroatoms. The maximum atomic E-state index is 12.6. The molecule has 1 fully saturated rings. The van der Waals surface area contributed by atoms with E-state index in [2.05, 4.69) is 15.9 Å². The van der Waals surface area contributed by atoms with Gasteiger partial charge in [0.2, 0.25) is 15.9 Å². The molecule has 19 heavy (non-hydrogen) atoms. The van der Waals surface area contributed by atoms with Crippen molar-refractivity contribution in [3.05, 3.63) is 28.7 Å². The Labute approximate surface area is 121 Å². The van der Waals surface area contributed by atoms with Crippen LogP contribution in [0.4, 0.5) is 0 Å². The summed E-state index contributed by atoms with van der Waals surface area (Å²) in [5.74, 6) is -0.585. The summed E-state index contributed by atoms with van der Waals surface area (Å²) < 4.78 is 27.0. The van der Waals surface area contributed by atoms with Crippen LogP contribution in [0.5, 0.6) is 0 Å². The Kier molecular flexibility index (Phi) is 4.27. The van der Waals surface area contributed by atoms with E-state index in [9.17, 15) is 13.2 Å². The molecular formula is C12H15BrN2O3S. The summed E-state index contributed by atoms with van der Waals surface area (Å²) in [6, 6.07) is 5.72. The molecule has 5 nitrogen and oxygen atoms in total. The number of sulfonamides is 1. The van der Waals surface area contributed by atoms with Crippen LogP contribution in [0, 0.1) is 0 Å². The van der Waals surface area contributed by atoms with Gasteiger partial charge >= 0.3 is 0 Å². The Morgan fingerprint density at radius 1 is 1.37 bits per heavy atom. The Balaban J connectivity index is 2.40. The van der Waals surface area contributed by atoms with Gasteiger partial charge in [-0.15, -0.1) is 0 Å². The molecule has 1 aromatic carbocycles. The number of hydrogen-bond acceptors (Lipinski definition) is 3. The zero-order valence-electron chi connectivity index (χ0n) is 10.3. The minimum absolute atomic E-state index is 0.176. The van der Waals surface area contributed by atoms with Gasteiger partial charge in [0.1, 0.15) is 6.04 Å². The Bertz CT molecular complexity index is 588. The van der Waals surface area contributed by atoms with Gasteiger partial charge in [0.05, 0.1) is 4.90 Å². The van der Waals surface area contributed by atoms with E-state index in [1.54, 1.807) is 12.1 Å². The number of piperidine rings is 1. The first kappa shape index (κ1) is 14.5. The lowest BCUT2D eigenvalue weighted by molar-refractivity contribution is -0.122. The van der Waals surface area contributed by atoms with Gasteiger partial charge in [-0.05, 0) is 31.0 Å². The molecule has 0 bridgehead atoms. The van der Waals surface area contributed by atoms with Gasteiger partial charge < -0.3 is 5.73 Å². The summed E-state index contributed by atoms with van der Waals surface area (Å²) in [5, 5.41) is 0. The molecule has 1 aromatic rings. The lowest BCUT2D eigenvalue weighted by atomic mass is 10.0. The quantitative estimate of drug-likeness (QED) is 0.899. The third-order valence-corrected chi connectivity index (χ3v) is 5.58. The smallest absolute Gasteiger partial charge is 0.243 e. The molecule has 0 saturated carbocycles. The number of benzene rings is 1. The maximum Gasteiger partial charge on any atom is 0.243 e. The number of carbonyl (C=O) groups excluding carboxylic acids is 1. The van der Waals surface area contributed by atoms with E-state index in [4.69, 9.17) is 5.73 Å². The molecule has 0 radical (unpaired) electrons. The lowest BCUT2D eigenvalue weighted by Crippen LogP contribution is -2.50. The minimum atomic E-state index is -3.68. The molecule has 1 atom stereocenters. The third-order valence-electron chi connectivity index (χ3n) is 3.18. The second-order valence-corrected chi connectivity index (χ2v) is 7.29. The number of amides is 1. The number of rotatable bonds is 3. The first-order valence-corrected chi connectivity index (χ1v) is 8.23. The summed E-state index contributed by atoms with van der Waals surface area (Å²) >= 11 is 3.25. The fraction of sp³-hybridized carbons (Fsp3) is 0.417. The SMILES string of the molecule is NC(=O)[C@@H]1CCCCN1S(=O)(=O)c1cccc(Br)c1. The fourth-order valence-electron chi connectivity index (χ4n) is 2.24. The van der Waals surface area contributed by atoms with Gasteiger partial charge in [-0.2, -0.15) is 4.31 Å². The monoisotopic (exact) mass is 346 g/mol. The van der Waals surface area contributed by atoms with Crippen LogP contribution in [0.1, 0.15) is 19.3 Å². The molecule has 2 N–H and O–H groups in total. The van der Waals surface area contributed by atoms with Crippen LogP contribution in [0.3, 0.4) is 0 Å². The Hall–Kier alpha value is -0.920. The molecule has 1 aliphatic heterocycles. The van der Waals surface area contributed by atoms with E-state index < -0.39 is 22.0 Å². The molecule has 1 aliphatic rings. The van der Waals surface area contributed by atoms with Crippen molar-refractivity contribution in [2.45, 2.75) is 30.2 Å². The molecule has 0 aliphatic carbocycles. The predicted molar refractivity (Wildman–Crippen MR) is 74.9 cm³/mol. The largest absolute Gasteiger partial charge is 0.368 e. The molecule has 0 unspecified atom stereocenters. The van der Waals surface area contributed by atoms with Crippen LogP contribution in [0.15, 0.2) is 33.6 Å². The molecule has 1 amide bonds. The van der Waals surface area contributed by atoms with E-state index in [0.717, 1.165) is 12.8 Å². The van der Waals surface area contributed by atoms with Gasteiger partial charge in [-0.3, -0.25) is 4.79 Å². The van der Waals surface area contributed by atoms with Crippen LogP contribution in [-0.2, 0) is 14.8 Å². The van der Waals surface area contributed by atoms with Crippen molar-refractivity contribution in [1.29, 1.82) is 0 Å². The van der Waals surface area contributed by atoms with Gasteiger partial charge in [0.15, 0.2) is 0 Å². The van der Waals surface area contributed by atoms with Crippen LogP contribution in [0.25, 0.3) is 0 Å². The first-order chi connectivity index (χ1) is 8.93. The number of nitrogens with zero attached hydrogens (tertiary/aromatic N) is 1. The molecule has 0 aromatic heterocycles. The van der Waals surface area contributed by atoms with E-state index in [1.807, 2.05) is 0 Å². The van der Waals surface area contributed by atoms with Crippen molar-refractivity contribution in [3.63, 3.8) is 0 Å². The van der Waals surface area contributed by atoms with E-state index >= 15 is 0 Å². The number of hydrogen-bond donors (Lipinski definition) is 1. The number of carbonyl (C=O) groups is 1. The summed E-state index contributed by atoms with van der Waals surface area (Å²) in [5.41, 5.74) is 5.31. The normalized spacial score (nSPS) is 21.2. The molecule has 1 saturated heterocycles. The second kappa shape index (κ2) is 5.60. The first-order valence-electron chi connectivity index (χ1n) is 5.99. The summed E-state index contributed by atoms with van der Waals surface area (Å²) in [4.78, 5) is 11.6. The fourth-order valence-corrected chi connectivity index (χ4v) is 4.50. The highest BCUT2D eigenvalue weighted by Gasteiger charge is 2.36. The summed E-state index contributed by atoms with van der Waals surface area (Å²) in [6.07, 6.45) is 2.05. The van der Waals surface area contributed by atoms with Crippen molar-refractivity contribution in [3.8, 4) is 0 Å². The number of halogens is 1. The molecule has 104 valence electrons. The zero-order valence-corrected chi connectivity index (χ0v) is 12.7. The van der Waals surface area contributed by atoms with Crippen molar-refractivity contribution in [2.24, 2.45) is 5.73 Å². The second-order valence-electron chi connectivity index (χ2n) is 4.49. The Morgan fingerprint density at radius 2 is 2.11 bits per heavy atom. The van der Waals surface area contributed by atoms with E-state index in [-0.39, 0.29) is 4.90 Å². The molecule has 0 spiro atoms. The highest BCUT2D eigenvalue weighted by Crippen LogP contribution is 2.26. The van der Waals surface area contributed by atoms with Gasteiger partial charge in [0, 0.05) is 11.0 Å². The minimum Gasteiger partial charge on any atom is -0.368 e. The average Bonchev–Trinajstić information content (AvgIpc) is 2.38. The van der Waals surface area contributed by atoms with Crippen molar-refractivity contribution >= 4 is 31.9 Å². The van der Waals surface area contributed by atoms with Gasteiger partial charge in [-0.1, -0.05) is 28.4 Å². The third kappa shape index (κ3) is 2.98. The van der Waals surface area contributed by atoms with Gasteiger partial charge in [0.25, 0.3) is 0 Å². The predicted octanol–water partition coefficient (Wildman–Crippen LogP) is 1.48. The highest BCUT2D eigenvalue weighted by atomic mass is 79.9. The zero-order chi connectivity index (χ0) is 14.0. The van der Waals surface area contributed by atoms with Crippen LogP contribution < -0.4 is 5.73 Å². The van der Waals surface area contributed by atoms with E-state index in [0.29, 0.717) is 17.4 Å². The number of nitrogens with two attached hydrogens (primary N) is 1. The standard InChI is InChI=1S/C12H15BrN2O3S/c13-9-4-3-5-10(8-9)19(17,18)15-7-2-1-6-11(15)12(14)16/h3-5,8,11H,1-2,6-7H2,(H2,14,16)/t11-/m0/s1. The van der Waals surface area contributed by atoms with E-state index in [1.165, 1.54) is 16.4 Å². The summed E-state index contributed by atoms with van der Waals surface area (Å²) in [7, 11) is -3.68. The average molecular weight is 347 g/mol. The topological polar surface area (TPSA) is 80.5 Å². The van der Waals surface area contributed by atoms with Crippen molar-refractivity contribution in [1.82, 2.24) is 4.31 Å². The van der Waals surface area contributed by atoms with Crippen LogP contribution >= 0.6 is 15.9 Å². The molecular weight excluding hydrogens is 332 g/mol. The van der Waals surface area contributed by atoms with Crippen LogP contribution in [-0.4, -0.2) is 31.2 Å². The van der Waals surface area contributed by atoms with Crippen molar-refractivity contribution < 1.29 is 13.2 Å². The molecule has 2 rings (SSSR count). The lowest BCUT2D eigenvalue weighted by Gasteiger charge is -2.32. The Morgan fingerprint density at radius 3 is 2.74 bits per heavy atom. The van der Waals surface area contributed by atoms with Gasteiger partial charge in [-0.25, -0.2) is 8.42 Å². The maximum absolute atomic E-state index is 12.6. The van der Waals surface area contributed by atoms with Crippen LogP contribution in [0.2, 0.25) is 0 Å². The highest BCUT2D eigenvalue weighted by molar-refractivity contribution is 9.10. The summed E-state index contributed by atoms with van der Waals surface area (Å²) in [6.45, 7) is 0.336. The molecule has 1 heterocycles. The van der Waals surface area contributed by atoms with Crippen molar-refractivity contribution in [2.75, 3.05) is 6.54 Å². The number of primary amides is 1.